The summed E-state index contributed by atoms with van der Waals surface area (Å²) in [7, 11) is -2.23. The topological polar surface area (TPSA) is 106 Å². The Balaban J connectivity index is 1.61. The minimum absolute atomic E-state index is 0.184. The summed E-state index contributed by atoms with van der Waals surface area (Å²) in [5.74, 6) is -0.148. The first-order valence-corrected chi connectivity index (χ1v) is 17.8. The van der Waals surface area contributed by atoms with E-state index >= 15 is 0 Å². The smallest absolute Gasteiger partial charge is 0.351 e. The molecule has 0 radical (unpaired) electrons. The average molecular weight is 599 g/mol. The summed E-state index contributed by atoms with van der Waals surface area (Å²) in [5.41, 5.74) is 0.183. The van der Waals surface area contributed by atoms with E-state index in [9.17, 15) is 14.7 Å². The lowest BCUT2D eigenvalue weighted by Crippen LogP contribution is -2.63. The van der Waals surface area contributed by atoms with Gasteiger partial charge >= 0.3 is 5.69 Å². The van der Waals surface area contributed by atoms with Gasteiger partial charge in [0.25, 0.3) is 5.91 Å². The molecule has 9 nitrogen and oxygen atoms in total. The van der Waals surface area contributed by atoms with Crippen LogP contribution in [0.5, 0.6) is 0 Å². The minimum atomic E-state index is -2.23. The van der Waals surface area contributed by atoms with Crippen LogP contribution in [-0.4, -0.2) is 71.7 Å². The van der Waals surface area contributed by atoms with Gasteiger partial charge in [0.2, 0.25) is 0 Å². The Kier molecular flexibility index (Phi) is 10.8. The molecule has 2 atom stereocenters. The number of aliphatic hydroxyl groups excluding tert-OH is 1. The Hall–Kier alpha value is -2.37. The molecule has 1 aromatic heterocycles. The fourth-order valence-electron chi connectivity index (χ4n) is 7.32. The van der Waals surface area contributed by atoms with Crippen molar-refractivity contribution in [1.29, 1.82) is 0 Å². The quantitative estimate of drug-likeness (QED) is 0.325. The summed E-state index contributed by atoms with van der Waals surface area (Å²) in [4.78, 5) is 32.5. The molecule has 2 heterocycles. The average Bonchev–Trinajstić information content (AvgIpc) is 2.97. The van der Waals surface area contributed by atoms with E-state index in [0.29, 0.717) is 41.3 Å². The number of ether oxygens (including phenoxy) is 1. The van der Waals surface area contributed by atoms with Gasteiger partial charge < -0.3 is 19.6 Å². The van der Waals surface area contributed by atoms with E-state index in [4.69, 9.17) is 9.16 Å². The molecule has 2 N–H and O–H groups in total. The Morgan fingerprint density at radius 2 is 1.71 bits per heavy atom. The van der Waals surface area contributed by atoms with Crippen molar-refractivity contribution in [3.63, 3.8) is 0 Å². The SMILES string of the molecule is CC(C)[Si](OC[C@@]1(CO)CN(C2CCCCC2)C[C@H](n2ccc(NC(=O)c3ccccc3)nc2=O)O1)(C(C)C)C(C)C. The first-order valence-electron chi connectivity index (χ1n) is 15.6. The Morgan fingerprint density at radius 1 is 1.07 bits per heavy atom. The predicted octanol–water partition coefficient (Wildman–Crippen LogP) is 5.58. The van der Waals surface area contributed by atoms with Gasteiger partial charge in [-0.3, -0.25) is 14.3 Å². The molecule has 0 bridgehead atoms. The van der Waals surface area contributed by atoms with E-state index in [1.165, 1.54) is 23.8 Å². The summed E-state index contributed by atoms with van der Waals surface area (Å²) >= 11 is 0. The number of benzene rings is 1. The number of hydrogen-bond donors (Lipinski definition) is 2. The van der Waals surface area contributed by atoms with Crippen LogP contribution >= 0.6 is 0 Å². The molecule has 1 aromatic carbocycles. The van der Waals surface area contributed by atoms with Gasteiger partial charge in [-0.25, -0.2) is 4.79 Å². The van der Waals surface area contributed by atoms with Crippen molar-refractivity contribution >= 4 is 20.0 Å². The minimum Gasteiger partial charge on any atom is -0.413 e. The van der Waals surface area contributed by atoms with Crippen LogP contribution in [0.25, 0.3) is 0 Å². The first-order chi connectivity index (χ1) is 20.0. The highest BCUT2D eigenvalue weighted by molar-refractivity contribution is 6.77. The highest BCUT2D eigenvalue weighted by Crippen LogP contribution is 2.43. The molecular weight excluding hydrogens is 548 g/mol. The van der Waals surface area contributed by atoms with Gasteiger partial charge in [0.05, 0.1) is 13.2 Å². The number of hydrogen-bond acceptors (Lipinski definition) is 7. The lowest BCUT2D eigenvalue weighted by Gasteiger charge is -2.51. The summed E-state index contributed by atoms with van der Waals surface area (Å²) in [6, 6.07) is 10.8. The highest BCUT2D eigenvalue weighted by atomic mass is 28.4. The maximum atomic E-state index is 13.3. The number of aromatic nitrogens is 2. The van der Waals surface area contributed by atoms with Crippen LogP contribution in [0, 0.1) is 0 Å². The van der Waals surface area contributed by atoms with Crippen LogP contribution in [0.1, 0.15) is 90.2 Å². The lowest BCUT2D eigenvalue weighted by molar-refractivity contribution is -0.219. The molecule has 0 unspecified atom stereocenters. The normalized spacial score (nSPS) is 22.7. The molecule has 232 valence electrons. The zero-order chi connectivity index (χ0) is 30.5. The van der Waals surface area contributed by atoms with Crippen molar-refractivity contribution < 1.29 is 19.1 Å². The van der Waals surface area contributed by atoms with Gasteiger partial charge in [0.1, 0.15) is 11.4 Å². The van der Waals surface area contributed by atoms with E-state index in [2.05, 4.69) is 56.7 Å². The Morgan fingerprint density at radius 3 is 2.29 bits per heavy atom. The number of carbonyl (C=O) groups is 1. The third-order valence-corrected chi connectivity index (χ3v) is 15.4. The van der Waals surface area contributed by atoms with Gasteiger partial charge in [-0.1, -0.05) is 79.0 Å². The monoisotopic (exact) mass is 598 g/mol. The van der Waals surface area contributed by atoms with Gasteiger partial charge in [0.15, 0.2) is 14.5 Å². The second-order valence-corrected chi connectivity index (χ2v) is 18.5. The molecule has 1 aliphatic carbocycles. The van der Waals surface area contributed by atoms with Gasteiger partial charge in [-0.2, -0.15) is 4.98 Å². The van der Waals surface area contributed by atoms with Gasteiger partial charge in [0, 0.05) is 30.9 Å². The summed E-state index contributed by atoms with van der Waals surface area (Å²) in [5, 5.41) is 13.6. The Labute approximate surface area is 251 Å². The first kappa shape index (κ1) is 32.5. The number of morpholine rings is 1. The van der Waals surface area contributed by atoms with E-state index in [0.717, 1.165) is 12.8 Å². The van der Waals surface area contributed by atoms with Crippen LogP contribution in [0.4, 0.5) is 5.82 Å². The second kappa shape index (κ2) is 13.9. The molecule has 42 heavy (non-hydrogen) atoms. The largest absolute Gasteiger partial charge is 0.413 e. The summed E-state index contributed by atoms with van der Waals surface area (Å²) < 4.78 is 15.1. The number of anilines is 1. The molecule has 1 aliphatic heterocycles. The van der Waals surface area contributed by atoms with Crippen molar-refractivity contribution in [1.82, 2.24) is 14.5 Å². The number of carbonyl (C=O) groups excluding carboxylic acids is 1. The molecule has 1 saturated carbocycles. The maximum absolute atomic E-state index is 13.3. The van der Waals surface area contributed by atoms with E-state index in [-0.39, 0.29) is 24.9 Å². The van der Waals surface area contributed by atoms with Crippen LogP contribution in [0.2, 0.25) is 16.6 Å². The second-order valence-electron chi connectivity index (χ2n) is 13.1. The van der Waals surface area contributed by atoms with Crippen LogP contribution in [-0.2, 0) is 9.16 Å². The molecule has 2 aromatic rings. The van der Waals surface area contributed by atoms with Crippen molar-refractivity contribution in [2.45, 2.75) is 108 Å². The highest BCUT2D eigenvalue weighted by Gasteiger charge is 2.50. The molecule has 0 spiro atoms. The van der Waals surface area contributed by atoms with Crippen molar-refractivity contribution in [3.8, 4) is 0 Å². The molecule has 2 fully saturated rings. The van der Waals surface area contributed by atoms with Gasteiger partial charge in [-0.15, -0.1) is 0 Å². The summed E-state index contributed by atoms with van der Waals surface area (Å²) in [6.07, 6.45) is 6.76. The zero-order valence-electron chi connectivity index (χ0n) is 26.2. The summed E-state index contributed by atoms with van der Waals surface area (Å²) in [6.45, 7) is 14.6. The molecule has 4 rings (SSSR count). The third-order valence-electron chi connectivity index (χ3n) is 9.36. The van der Waals surface area contributed by atoms with Crippen LogP contribution in [0.3, 0.4) is 0 Å². The maximum Gasteiger partial charge on any atom is 0.351 e. The van der Waals surface area contributed by atoms with E-state index < -0.39 is 25.8 Å². The van der Waals surface area contributed by atoms with Crippen molar-refractivity contribution in [2.24, 2.45) is 0 Å². The number of nitrogens with zero attached hydrogens (tertiary/aromatic N) is 3. The number of amides is 1. The lowest BCUT2D eigenvalue weighted by atomic mass is 9.92. The predicted molar refractivity (Wildman–Crippen MR) is 168 cm³/mol. The van der Waals surface area contributed by atoms with Crippen LogP contribution < -0.4 is 11.0 Å². The number of aliphatic hydroxyl groups is 1. The van der Waals surface area contributed by atoms with Gasteiger partial charge in [-0.05, 0) is 47.7 Å². The number of rotatable bonds is 11. The molecule has 10 heteroatoms. The fraction of sp³-hybridized carbons (Fsp3) is 0.656. The zero-order valence-corrected chi connectivity index (χ0v) is 27.2. The molecule has 1 saturated heterocycles. The van der Waals surface area contributed by atoms with E-state index in [1.54, 1.807) is 36.5 Å². The van der Waals surface area contributed by atoms with Crippen LogP contribution in [0.15, 0.2) is 47.4 Å². The molecule has 1 amide bonds. The number of nitrogens with one attached hydrogen (secondary N) is 1. The third kappa shape index (κ3) is 7.05. The fourth-order valence-corrected chi connectivity index (χ4v) is 12.8. The van der Waals surface area contributed by atoms with Crippen molar-refractivity contribution in [3.05, 3.63) is 58.6 Å². The van der Waals surface area contributed by atoms with Crippen molar-refractivity contribution in [2.75, 3.05) is 31.6 Å². The Bertz CT molecular complexity index is 1210. The molecule has 2 aliphatic rings. The standard InChI is InChI=1S/C32H50N4O5Si/c1-23(2)42(24(3)4,25(5)6)40-22-32(21-37)20-35(27-15-11-8-12-16-27)19-29(41-32)36-18-17-28(34-31(36)39)33-30(38)26-13-9-7-10-14-26/h7,9-10,13-14,17-18,23-25,27,29,37H,8,11-12,15-16,19-22H2,1-6H3,(H,33,34,38,39)/t29-,32+/m1/s1. The van der Waals surface area contributed by atoms with E-state index in [1.807, 2.05) is 6.07 Å². The molecular formula is C32H50N4O5Si.